The fourth-order valence-electron chi connectivity index (χ4n) is 6.42. The van der Waals surface area contributed by atoms with E-state index in [1.165, 1.54) is 9.40 Å². The Balaban J connectivity index is -0.000000606. The number of carboxylic acid groups (broad SMARTS) is 4. The Morgan fingerprint density at radius 3 is 1.00 bits per heavy atom. The summed E-state index contributed by atoms with van der Waals surface area (Å²) in [6.07, 6.45) is 0.465. The number of H-pyrrole nitrogens is 2. The Hall–Kier alpha value is -3.70. The maximum Gasteiger partial charge on any atom is 2.00 e. The van der Waals surface area contributed by atoms with Gasteiger partial charge in [-0.3, -0.25) is 11.5 Å². The molecule has 4 saturated heterocycles. The summed E-state index contributed by atoms with van der Waals surface area (Å²) >= 11 is 3.15. The molecule has 0 spiro atoms. The number of anilines is 2. The molecule has 4 bridgehead atoms. The fraction of sp³-hybridized carbons (Fsp3) is 0.400. The molecule has 2 aromatic carbocycles. The Morgan fingerprint density at radius 1 is 0.528 bits per heavy atom. The van der Waals surface area contributed by atoms with Crippen molar-refractivity contribution in [1.29, 1.82) is 0 Å². The summed E-state index contributed by atoms with van der Waals surface area (Å²) in [5.74, 6) is -9.48. The summed E-state index contributed by atoms with van der Waals surface area (Å²) in [5, 5.41) is 44.0. The van der Waals surface area contributed by atoms with Crippen molar-refractivity contribution in [2.45, 2.75) is 50.1 Å². The second-order valence-electron chi connectivity index (χ2n) is 11.1. The molecule has 0 unspecified atom stereocenters. The minimum atomic E-state index is -1.35. The van der Waals surface area contributed by atoms with E-state index in [1.807, 2.05) is 48.5 Å². The first-order valence-corrected chi connectivity index (χ1v) is 16.0. The molecule has 2 aromatic heterocycles. The molecule has 0 aliphatic carbocycles. The number of aromatic amines is 2. The smallest absolute Gasteiger partial charge is 0.550 e. The number of hydrogen-bond acceptors (Lipinski definition) is 14. The average molecular weight is 891 g/mol. The molecule has 23 heteroatoms. The molecular weight excluding hydrogens is 849 g/mol. The monoisotopic (exact) mass is 892 g/mol. The molecule has 4 aliphatic heterocycles. The van der Waals surface area contributed by atoms with Crippen LogP contribution in [-0.4, -0.2) is 81.2 Å². The number of nitrogens with one attached hydrogen (secondary N) is 2. The SMILES string of the molecule is Nc1[nH+]c2ccccc2s1.Nc1[nH+]c2ccccc2s1.O.O.O.O.O.O.O=C([O-])[C@@H]1[C@H](C(=O)[O-])[C@H]2CC[C@@H]1O2.O=C([O-])[C@@H]1[C@H](C(=O)[O-])[C@H]2CC[C@@H]1O2.[Cd+2]. The van der Waals surface area contributed by atoms with Crippen molar-refractivity contribution in [3.8, 4) is 0 Å². The van der Waals surface area contributed by atoms with E-state index in [0.29, 0.717) is 25.7 Å². The first-order chi connectivity index (χ1) is 21.9. The van der Waals surface area contributed by atoms with Crippen LogP contribution in [0.2, 0.25) is 0 Å². The predicted octanol–water partition coefficient (Wildman–Crippen LogP) is -7.80. The number of nitrogens with two attached hydrogens (primary N) is 2. The Kier molecular flexibility index (Phi) is 23.5. The summed E-state index contributed by atoms with van der Waals surface area (Å²) in [5.41, 5.74) is 13.3. The summed E-state index contributed by atoms with van der Waals surface area (Å²) in [4.78, 5) is 48.6. The number of ether oxygens (including phenoxy) is 2. The first kappa shape index (κ1) is 53.7. The van der Waals surface area contributed by atoms with Gasteiger partial charge < -0.3 is 81.9 Å². The van der Waals surface area contributed by atoms with E-state index in [1.54, 1.807) is 22.7 Å². The van der Waals surface area contributed by atoms with Crippen molar-refractivity contribution >= 4 is 77.2 Å². The molecule has 4 aromatic rings. The molecule has 53 heavy (non-hydrogen) atoms. The number of aliphatic carboxylic acids is 4. The van der Waals surface area contributed by atoms with Crippen LogP contribution in [0.1, 0.15) is 25.7 Å². The molecule has 6 heterocycles. The van der Waals surface area contributed by atoms with Gasteiger partial charge in [-0.25, -0.2) is 9.97 Å². The van der Waals surface area contributed by atoms with Crippen molar-refractivity contribution in [1.82, 2.24) is 0 Å². The van der Waals surface area contributed by atoms with Crippen molar-refractivity contribution in [2.75, 3.05) is 11.5 Å². The van der Waals surface area contributed by atoms with Gasteiger partial charge in [-0.1, -0.05) is 24.3 Å². The van der Waals surface area contributed by atoms with Crippen molar-refractivity contribution < 1.29 is 119 Å². The summed E-state index contributed by atoms with van der Waals surface area (Å²) in [6, 6.07) is 16.1. The van der Waals surface area contributed by atoms with E-state index in [9.17, 15) is 39.6 Å². The standard InChI is InChI=1S/2C8H10O5.2C7H6N2S.Cd.6H2O/c2*9-7(10)5-3-1-2-4(13-3)6(5)8(11)12;2*8-7-9-5-3-1-2-4-6(5)10-7;;;;;;;/h2*3-6H,1-2H2,(H,9,10)(H,11,12);2*1-4H,(H2,8,9);;6*1H2/q;;;;+2;;;;;;/p-2/t2*3-,4+,5-,6+;;;;;;;;;. The number of carboxylic acids is 4. The maximum absolute atomic E-state index is 10.6. The van der Waals surface area contributed by atoms with E-state index >= 15 is 0 Å². The molecular formula is C30H42CdN4O16S2. The summed E-state index contributed by atoms with van der Waals surface area (Å²) in [7, 11) is 0. The number of nitrogen functional groups attached to an aromatic ring is 2. The zero-order valence-corrected chi connectivity index (χ0v) is 33.5. The van der Waals surface area contributed by atoms with Crippen LogP contribution in [-0.2, 0) is 56.0 Å². The normalized spacial score (nSPS) is 24.6. The van der Waals surface area contributed by atoms with Crippen LogP contribution in [0.3, 0.4) is 0 Å². The van der Waals surface area contributed by atoms with Gasteiger partial charge in [0.1, 0.15) is 11.0 Å². The van der Waals surface area contributed by atoms with Gasteiger partial charge in [-0.05, 0) is 72.6 Å². The number of fused-ring (bicyclic) bond motifs is 6. The van der Waals surface area contributed by atoms with Gasteiger partial charge >= 0.3 is 37.6 Å². The van der Waals surface area contributed by atoms with Gasteiger partial charge in [0.25, 0.3) is 0 Å². The van der Waals surface area contributed by atoms with E-state index in [2.05, 4.69) is 9.97 Å². The van der Waals surface area contributed by atoms with Crippen molar-refractivity contribution in [3.05, 3.63) is 48.5 Å². The van der Waals surface area contributed by atoms with Crippen molar-refractivity contribution in [2.24, 2.45) is 23.7 Å². The first-order valence-electron chi connectivity index (χ1n) is 14.4. The Morgan fingerprint density at radius 2 is 0.774 bits per heavy atom. The van der Waals surface area contributed by atoms with Gasteiger partial charge in [0.2, 0.25) is 0 Å². The summed E-state index contributed by atoms with van der Waals surface area (Å²) in [6.45, 7) is 0. The summed E-state index contributed by atoms with van der Waals surface area (Å²) < 4.78 is 12.8. The molecule has 4 aliphatic rings. The van der Waals surface area contributed by atoms with Crippen LogP contribution >= 0.6 is 22.7 Å². The van der Waals surface area contributed by atoms with Gasteiger partial charge in [0.05, 0.1) is 33.8 Å². The van der Waals surface area contributed by atoms with E-state index in [4.69, 9.17) is 20.9 Å². The second-order valence-corrected chi connectivity index (χ2v) is 13.3. The van der Waals surface area contributed by atoms with Crippen LogP contribution < -0.4 is 41.9 Å². The van der Waals surface area contributed by atoms with Gasteiger partial charge in [0, 0.05) is 47.5 Å². The van der Waals surface area contributed by atoms with Crippen LogP contribution in [0, 0.1) is 23.7 Å². The molecule has 4 fully saturated rings. The zero-order valence-electron chi connectivity index (χ0n) is 27.8. The maximum atomic E-state index is 10.6. The van der Waals surface area contributed by atoms with Crippen LogP contribution in [0.5, 0.6) is 0 Å². The molecule has 0 saturated carbocycles. The number of rotatable bonds is 4. The minimum absolute atomic E-state index is 0. The number of hydrogen-bond donors (Lipinski definition) is 2. The van der Waals surface area contributed by atoms with Crippen LogP contribution in [0.25, 0.3) is 20.4 Å². The average Bonchev–Trinajstić information content (AvgIpc) is 3.85. The van der Waals surface area contributed by atoms with Gasteiger partial charge in [-0.2, -0.15) is 0 Å². The van der Waals surface area contributed by atoms with E-state index in [-0.39, 0.29) is 60.2 Å². The van der Waals surface area contributed by atoms with E-state index in [0.717, 1.165) is 21.3 Å². The third kappa shape index (κ3) is 12.2. The third-order valence-corrected chi connectivity index (χ3v) is 10.2. The molecule has 0 amide bonds. The quantitative estimate of drug-likeness (QED) is 0.181. The zero-order chi connectivity index (χ0) is 33.1. The minimum Gasteiger partial charge on any atom is -0.550 e. The molecule has 292 valence electrons. The fourth-order valence-corrected chi connectivity index (χ4v) is 7.97. The Labute approximate surface area is 328 Å². The van der Waals surface area contributed by atoms with Gasteiger partial charge in [0.15, 0.2) is 0 Å². The molecule has 18 N–H and O–H groups in total. The number of benzene rings is 2. The number of para-hydroxylation sites is 2. The molecule has 0 radical (unpaired) electrons. The largest absolute Gasteiger partial charge is 2.00 e. The Bertz CT molecular complexity index is 1520. The molecule has 8 atom stereocenters. The van der Waals surface area contributed by atoms with Crippen LogP contribution in [0.4, 0.5) is 10.3 Å². The number of carbonyl (C=O) groups is 4. The third-order valence-electron chi connectivity index (χ3n) is 8.36. The van der Waals surface area contributed by atoms with Crippen LogP contribution in [0.15, 0.2) is 48.5 Å². The van der Waals surface area contributed by atoms with Gasteiger partial charge in [-0.15, -0.1) is 0 Å². The molecule has 8 rings (SSSR count). The molecule has 20 nitrogen and oxygen atoms in total. The predicted molar refractivity (Wildman–Crippen MR) is 177 cm³/mol. The van der Waals surface area contributed by atoms with Crippen molar-refractivity contribution in [3.63, 3.8) is 0 Å². The second kappa shape index (κ2) is 23.2. The number of aromatic nitrogens is 2. The number of carbonyl (C=O) groups excluding carboxylic acids is 4. The van der Waals surface area contributed by atoms with E-state index < -0.39 is 72.0 Å². The number of thiazole rings is 2. The topological polar surface area (TPSA) is 448 Å².